The highest BCUT2D eigenvalue weighted by Gasteiger charge is 2.22. The molecule has 0 unspecified atom stereocenters. The quantitative estimate of drug-likeness (QED) is 0.203. The Balaban J connectivity index is 1.43. The van der Waals surface area contributed by atoms with E-state index in [4.69, 9.17) is 4.74 Å². The van der Waals surface area contributed by atoms with Gasteiger partial charge in [-0.1, -0.05) is 97.8 Å². The Morgan fingerprint density at radius 2 is 1.39 bits per heavy atom. The molecule has 3 rings (SSSR count). The SMILES string of the molecule is CCCCC[C@H]1CC[C@H](c2ccc(-c3ccc(OCCCCCCBr)cc3)cc2)CC1. The number of benzene rings is 2. The van der Waals surface area contributed by atoms with Crippen molar-refractivity contribution in [2.24, 2.45) is 5.92 Å². The van der Waals surface area contributed by atoms with Gasteiger partial charge in [0.2, 0.25) is 0 Å². The maximum Gasteiger partial charge on any atom is 0.119 e. The first-order valence-corrected chi connectivity index (χ1v) is 13.8. The smallest absolute Gasteiger partial charge is 0.119 e. The van der Waals surface area contributed by atoms with Crippen LogP contribution in [0.2, 0.25) is 0 Å². The molecule has 1 aliphatic rings. The summed E-state index contributed by atoms with van der Waals surface area (Å²) in [7, 11) is 0. The molecular formula is C29H41BrO. The zero-order valence-corrected chi connectivity index (χ0v) is 21.0. The van der Waals surface area contributed by atoms with E-state index in [1.807, 2.05) is 0 Å². The number of halogens is 1. The van der Waals surface area contributed by atoms with Crippen LogP contribution in [0.4, 0.5) is 0 Å². The molecule has 0 atom stereocenters. The maximum absolute atomic E-state index is 5.90. The zero-order valence-electron chi connectivity index (χ0n) is 19.5. The third kappa shape index (κ3) is 8.29. The van der Waals surface area contributed by atoms with Gasteiger partial charge >= 0.3 is 0 Å². The Kier molecular flexibility index (Phi) is 11.0. The molecule has 1 fully saturated rings. The van der Waals surface area contributed by atoms with E-state index in [2.05, 4.69) is 71.4 Å². The summed E-state index contributed by atoms with van der Waals surface area (Å²) in [5, 5.41) is 1.11. The van der Waals surface area contributed by atoms with Crippen molar-refractivity contribution in [3.63, 3.8) is 0 Å². The van der Waals surface area contributed by atoms with Crippen LogP contribution in [0.25, 0.3) is 11.1 Å². The van der Waals surface area contributed by atoms with E-state index in [1.165, 1.54) is 87.3 Å². The monoisotopic (exact) mass is 484 g/mol. The summed E-state index contributed by atoms with van der Waals surface area (Å²) >= 11 is 3.49. The second-order valence-electron chi connectivity index (χ2n) is 9.31. The molecule has 0 spiro atoms. The molecule has 0 aliphatic heterocycles. The fourth-order valence-corrected chi connectivity index (χ4v) is 5.30. The third-order valence-corrected chi connectivity index (χ3v) is 7.49. The first-order chi connectivity index (χ1) is 15.3. The van der Waals surface area contributed by atoms with E-state index in [1.54, 1.807) is 0 Å². The first-order valence-electron chi connectivity index (χ1n) is 12.7. The predicted molar refractivity (Wildman–Crippen MR) is 138 cm³/mol. The third-order valence-electron chi connectivity index (χ3n) is 6.93. The van der Waals surface area contributed by atoms with Gasteiger partial charge in [0, 0.05) is 5.33 Å². The molecule has 0 bridgehead atoms. The maximum atomic E-state index is 5.90. The van der Waals surface area contributed by atoms with Gasteiger partial charge in [-0.05, 0) is 79.2 Å². The van der Waals surface area contributed by atoms with Crippen LogP contribution >= 0.6 is 15.9 Å². The molecule has 0 amide bonds. The summed E-state index contributed by atoms with van der Waals surface area (Å²) < 4.78 is 5.90. The van der Waals surface area contributed by atoms with Crippen molar-refractivity contribution < 1.29 is 4.74 Å². The topological polar surface area (TPSA) is 9.23 Å². The van der Waals surface area contributed by atoms with Crippen molar-refractivity contribution >= 4 is 15.9 Å². The van der Waals surface area contributed by atoms with Crippen molar-refractivity contribution in [3.05, 3.63) is 54.1 Å². The van der Waals surface area contributed by atoms with Crippen LogP contribution < -0.4 is 4.74 Å². The van der Waals surface area contributed by atoms with Gasteiger partial charge in [0.1, 0.15) is 5.75 Å². The molecule has 31 heavy (non-hydrogen) atoms. The second-order valence-corrected chi connectivity index (χ2v) is 10.1. The molecule has 1 aliphatic carbocycles. The lowest BCUT2D eigenvalue weighted by molar-refractivity contribution is 0.303. The lowest BCUT2D eigenvalue weighted by Crippen LogP contribution is -2.13. The number of alkyl halides is 1. The van der Waals surface area contributed by atoms with Crippen LogP contribution in [0.15, 0.2) is 48.5 Å². The number of hydrogen-bond acceptors (Lipinski definition) is 1. The standard InChI is InChI=1S/C29H41BrO/c1-2-3-6-9-24-10-12-25(13-11-24)26-14-16-27(17-15-26)28-18-20-29(21-19-28)31-23-8-5-4-7-22-30/h14-21,24-25H,2-13,22-23H2,1H3/t24-,25-. The van der Waals surface area contributed by atoms with Gasteiger partial charge in [-0.3, -0.25) is 0 Å². The lowest BCUT2D eigenvalue weighted by atomic mass is 9.77. The molecule has 0 aromatic heterocycles. The van der Waals surface area contributed by atoms with Crippen LogP contribution in [0, 0.1) is 5.92 Å². The highest BCUT2D eigenvalue weighted by Crippen LogP contribution is 2.38. The Morgan fingerprint density at radius 3 is 2.03 bits per heavy atom. The van der Waals surface area contributed by atoms with Gasteiger partial charge in [-0.15, -0.1) is 0 Å². The Hall–Kier alpha value is -1.28. The minimum atomic E-state index is 0.766. The van der Waals surface area contributed by atoms with Crippen LogP contribution in [-0.4, -0.2) is 11.9 Å². The van der Waals surface area contributed by atoms with Gasteiger partial charge in [0.25, 0.3) is 0 Å². The fraction of sp³-hybridized carbons (Fsp3) is 0.586. The Labute approximate surface area is 199 Å². The summed E-state index contributed by atoms with van der Waals surface area (Å²) in [6, 6.07) is 18.0. The van der Waals surface area contributed by atoms with E-state index < -0.39 is 0 Å². The predicted octanol–water partition coefficient (Wildman–Crippen LogP) is 9.54. The average Bonchev–Trinajstić information content (AvgIpc) is 2.82. The number of rotatable bonds is 13. The zero-order chi connectivity index (χ0) is 21.7. The van der Waals surface area contributed by atoms with Crippen molar-refractivity contribution in [1.29, 1.82) is 0 Å². The Morgan fingerprint density at radius 1 is 0.742 bits per heavy atom. The minimum absolute atomic E-state index is 0.766. The normalized spacial score (nSPS) is 18.8. The molecule has 0 N–H and O–H groups in total. The molecule has 170 valence electrons. The minimum Gasteiger partial charge on any atom is -0.494 e. The highest BCUT2D eigenvalue weighted by atomic mass is 79.9. The lowest BCUT2D eigenvalue weighted by Gasteiger charge is -2.29. The van der Waals surface area contributed by atoms with Gasteiger partial charge < -0.3 is 4.74 Å². The van der Waals surface area contributed by atoms with E-state index in [9.17, 15) is 0 Å². The highest BCUT2D eigenvalue weighted by molar-refractivity contribution is 9.09. The van der Waals surface area contributed by atoms with E-state index in [-0.39, 0.29) is 0 Å². The molecule has 2 aromatic carbocycles. The van der Waals surface area contributed by atoms with E-state index in [0.717, 1.165) is 35.9 Å². The van der Waals surface area contributed by atoms with Crippen LogP contribution in [-0.2, 0) is 0 Å². The molecule has 1 saturated carbocycles. The summed E-state index contributed by atoms with van der Waals surface area (Å²) in [4.78, 5) is 0. The van der Waals surface area contributed by atoms with Gasteiger partial charge in [0.05, 0.1) is 6.61 Å². The molecular weight excluding hydrogens is 444 g/mol. The largest absolute Gasteiger partial charge is 0.494 e. The number of unbranched alkanes of at least 4 members (excludes halogenated alkanes) is 5. The molecule has 0 radical (unpaired) electrons. The van der Waals surface area contributed by atoms with Crippen LogP contribution in [0.3, 0.4) is 0 Å². The number of ether oxygens (including phenoxy) is 1. The van der Waals surface area contributed by atoms with Crippen molar-refractivity contribution in [1.82, 2.24) is 0 Å². The second kappa shape index (κ2) is 14.0. The van der Waals surface area contributed by atoms with E-state index in [0.29, 0.717) is 0 Å². The molecule has 1 nitrogen and oxygen atoms in total. The van der Waals surface area contributed by atoms with E-state index >= 15 is 0 Å². The molecule has 2 heteroatoms. The molecule has 2 aromatic rings. The summed E-state index contributed by atoms with van der Waals surface area (Å²) in [6.07, 6.45) is 16.2. The molecule has 0 heterocycles. The van der Waals surface area contributed by atoms with Crippen LogP contribution in [0.5, 0.6) is 5.75 Å². The van der Waals surface area contributed by atoms with Crippen molar-refractivity contribution in [2.45, 2.75) is 89.9 Å². The fourth-order valence-electron chi connectivity index (χ4n) is 4.90. The number of hydrogen-bond donors (Lipinski definition) is 0. The van der Waals surface area contributed by atoms with Crippen LogP contribution in [0.1, 0.15) is 95.5 Å². The van der Waals surface area contributed by atoms with Crippen molar-refractivity contribution in [2.75, 3.05) is 11.9 Å². The van der Waals surface area contributed by atoms with Crippen molar-refractivity contribution in [3.8, 4) is 16.9 Å². The summed E-state index contributed by atoms with van der Waals surface area (Å²) in [5.74, 6) is 2.73. The first kappa shape index (κ1) is 24.4. The Bertz CT molecular complexity index is 713. The van der Waals surface area contributed by atoms with Gasteiger partial charge in [0.15, 0.2) is 0 Å². The summed E-state index contributed by atoms with van der Waals surface area (Å²) in [6.45, 7) is 3.12. The van der Waals surface area contributed by atoms with Gasteiger partial charge in [-0.25, -0.2) is 0 Å². The summed E-state index contributed by atoms with van der Waals surface area (Å²) in [5.41, 5.74) is 4.12. The van der Waals surface area contributed by atoms with Gasteiger partial charge in [-0.2, -0.15) is 0 Å². The average molecular weight is 486 g/mol. The molecule has 0 saturated heterocycles.